The highest BCUT2D eigenvalue weighted by Gasteiger charge is 2.38. The number of rotatable bonds is 2. The van der Waals surface area contributed by atoms with Crippen LogP contribution in [0.3, 0.4) is 0 Å². The Morgan fingerprint density at radius 2 is 2.19 bits per heavy atom. The van der Waals surface area contributed by atoms with E-state index in [0.29, 0.717) is 12.8 Å². The molecule has 0 saturated carbocycles. The van der Waals surface area contributed by atoms with E-state index >= 15 is 0 Å². The lowest BCUT2D eigenvalue weighted by molar-refractivity contribution is 0.475. The van der Waals surface area contributed by atoms with Gasteiger partial charge in [0, 0.05) is 5.54 Å². The van der Waals surface area contributed by atoms with Gasteiger partial charge < -0.3 is 5.73 Å². The van der Waals surface area contributed by atoms with E-state index < -0.39 is 15.4 Å². The smallest absolute Gasteiger partial charge is 0.152 e. The van der Waals surface area contributed by atoms with Gasteiger partial charge in [-0.15, -0.1) is 0 Å². The quantitative estimate of drug-likeness (QED) is 0.839. The number of nitrogens with two attached hydrogens (primary N) is 1. The average molecular weight is 243 g/mol. The van der Waals surface area contributed by atoms with Gasteiger partial charge in [0.25, 0.3) is 0 Å². The standard InChI is InChI=1S/C11H14FNO2S/c12-10-3-1-2-9(6-10)7-11(13)4-5-16(14,15)8-11/h1-3,6H,4-5,7-8,13H2. The highest BCUT2D eigenvalue weighted by molar-refractivity contribution is 7.91. The number of benzene rings is 1. The molecular weight excluding hydrogens is 229 g/mol. The molecule has 1 aromatic rings. The Morgan fingerprint density at radius 1 is 1.44 bits per heavy atom. The summed E-state index contributed by atoms with van der Waals surface area (Å²) in [6.07, 6.45) is 0.857. The molecule has 1 atom stereocenters. The summed E-state index contributed by atoms with van der Waals surface area (Å²) in [5, 5.41) is 0. The van der Waals surface area contributed by atoms with Crippen molar-refractivity contribution in [3.8, 4) is 0 Å². The first-order valence-corrected chi connectivity index (χ1v) is 6.95. The van der Waals surface area contributed by atoms with E-state index in [0.717, 1.165) is 5.56 Å². The van der Waals surface area contributed by atoms with Crippen LogP contribution < -0.4 is 5.73 Å². The van der Waals surface area contributed by atoms with Gasteiger partial charge in [-0.25, -0.2) is 12.8 Å². The molecule has 1 aliphatic heterocycles. The minimum Gasteiger partial charge on any atom is -0.324 e. The molecule has 0 aliphatic carbocycles. The molecule has 88 valence electrons. The highest BCUT2D eigenvalue weighted by Crippen LogP contribution is 2.25. The molecule has 5 heteroatoms. The van der Waals surface area contributed by atoms with E-state index in [4.69, 9.17) is 5.73 Å². The fourth-order valence-electron chi connectivity index (χ4n) is 2.13. The third-order valence-electron chi connectivity index (χ3n) is 2.86. The zero-order valence-corrected chi connectivity index (χ0v) is 9.63. The van der Waals surface area contributed by atoms with Crippen molar-refractivity contribution in [2.24, 2.45) is 5.73 Å². The topological polar surface area (TPSA) is 60.2 Å². The first-order valence-electron chi connectivity index (χ1n) is 5.12. The van der Waals surface area contributed by atoms with Gasteiger partial charge in [0.2, 0.25) is 0 Å². The second-order valence-electron chi connectivity index (χ2n) is 4.51. The largest absolute Gasteiger partial charge is 0.324 e. The molecule has 1 aliphatic rings. The summed E-state index contributed by atoms with van der Waals surface area (Å²) >= 11 is 0. The molecule has 1 saturated heterocycles. The van der Waals surface area contributed by atoms with Crippen molar-refractivity contribution in [2.75, 3.05) is 11.5 Å². The third kappa shape index (κ3) is 2.59. The zero-order valence-electron chi connectivity index (χ0n) is 8.82. The van der Waals surface area contributed by atoms with Crippen LogP contribution >= 0.6 is 0 Å². The van der Waals surface area contributed by atoms with Gasteiger partial charge in [-0.3, -0.25) is 0 Å². The lowest BCUT2D eigenvalue weighted by Crippen LogP contribution is -2.43. The molecule has 1 heterocycles. The van der Waals surface area contributed by atoms with Crippen LogP contribution in [0.5, 0.6) is 0 Å². The Kier molecular flexibility index (Phi) is 2.75. The maximum atomic E-state index is 13.0. The SMILES string of the molecule is NC1(Cc2cccc(F)c2)CCS(=O)(=O)C1. The molecule has 16 heavy (non-hydrogen) atoms. The van der Waals surface area contributed by atoms with Gasteiger partial charge in [0.05, 0.1) is 11.5 Å². The van der Waals surface area contributed by atoms with Gasteiger partial charge in [-0.1, -0.05) is 12.1 Å². The van der Waals surface area contributed by atoms with Gasteiger partial charge in [-0.2, -0.15) is 0 Å². The molecule has 0 radical (unpaired) electrons. The summed E-state index contributed by atoms with van der Waals surface area (Å²) in [6, 6.07) is 6.14. The first kappa shape index (κ1) is 11.5. The predicted octanol–water partition coefficient (Wildman–Crippen LogP) is 0.884. The summed E-state index contributed by atoms with van der Waals surface area (Å²) in [6.45, 7) is 0. The molecule has 1 unspecified atom stereocenters. The van der Waals surface area contributed by atoms with E-state index in [-0.39, 0.29) is 17.3 Å². The van der Waals surface area contributed by atoms with Crippen molar-refractivity contribution in [3.63, 3.8) is 0 Å². The van der Waals surface area contributed by atoms with Crippen LogP contribution in [0.25, 0.3) is 0 Å². The van der Waals surface area contributed by atoms with Gasteiger partial charge in [-0.05, 0) is 30.5 Å². The van der Waals surface area contributed by atoms with Crippen molar-refractivity contribution < 1.29 is 12.8 Å². The second-order valence-corrected chi connectivity index (χ2v) is 6.70. The number of sulfone groups is 1. The monoisotopic (exact) mass is 243 g/mol. The molecule has 1 fully saturated rings. The zero-order chi connectivity index (χ0) is 11.8. The Balaban J connectivity index is 2.16. The van der Waals surface area contributed by atoms with Crippen LogP contribution in [-0.4, -0.2) is 25.5 Å². The van der Waals surface area contributed by atoms with E-state index in [1.807, 2.05) is 0 Å². The minimum atomic E-state index is -3.00. The fraction of sp³-hybridized carbons (Fsp3) is 0.455. The van der Waals surface area contributed by atoms with Crippen LogP contribution in [0.1, 0.15) is 12.0 Å². The molecular formula is C11H14FNO2S. The number of hydrogen-bond acceptors (Lipinski definition) is 3. The molecule has 0 amide bonds. The molecule has 0 aromatic heterocycles. The first-order chi connectivity index (χ1) is 7.39. The van der Waals surface area contributed by atoms with Crippen molar-refractivity contribution in [2.45, 2.75) is 18.4 Å². The average Bonchev–Trinajstić information content (AvgIpc) is 2.40. The normalized spacial score (nSPS) is 28.1. The van der Waals surface area contributed by atoms with Gasteiger partial charge in [0.15, 0.2) is 9.84 Å². The van der Waals surface area contributed by atoms with E-state index in [1.54, 1.807) is 12.1 Å². The Morgan fingerprint density at radius 3 is 2.75 bits per heavy atom. The number of hydrogen-bond donors (Lipinski definition) is 1. The third-order valence-corrected chi connectivity index (χ3v) is 4.70. The summed E-state index contributed by atoms with van der Waals surface area (Å²) in [7, 11) is -3.00. The van der Waals surface area contributed by atoms with Crippen LogP contribution in [-0.2, 0) is 16.3 Å². The maximum absolute atomic E-state index is 13.0. The summed E-state index contributed by atoms with van der Waals surface area (Å²) in [5.41, 5.74) is 6.04. The summed E-state index contributed by atoms with van der Waals surface area (Å²) in [4.78, 5) is 0. The van der Waals surface area contributed by atoms with E-state index in [1.165, 1.54) is 12.1 Å². The molecule has 2 N–H and O–H groups in total. The molecule has 0 spiro atoms. The van der Waals surface area contributed by atoms with Crippen molar-refractivity contribution in [1.29, 1.82) is 0 Å². The molecule has 0 bridgehead atoms. The molecule has 1 aromatic carbocycles. The minimum absolute atomic E-state index is 0.00346. The lowest BCUT2D eigenvalue weighted by Gasteiger charge is -2.21. The highest BCUT2D eigenvalue weighted by atomic mass is 32.2. The second kappa shape index (κ2) is 3.82. The van der Waals surface area contributed by atoms with Crippen LogP contribution in [0.2, 0.25) is 0 Å². The maximum Gasteiger partial charge on any atom is 0.152 e. The van der Waals surface area contributed by atoms with E-state index in [2.05, 4.69) is 0 Å². The van der Waals surface area contributed by atoms with Crippen LogP contribution in [0, 0.1) is 5.82 Å². The van der Waals surface area contributed by atoms with Gasteiger partial charge >= 0.3 is 0 Å². The van der Waals surface area contributed by atoms with Crippen molar-refractivity contribution >= 4 is 9.84 Å². The number of halogens is 1. The van der Waals surface area contributed by atoms with Crippen molar-refractivity contribution in [3.05, 3.63) is 35.6 Å². The molecule has 2 rings (SSSR count). The van der Waals surface area contributed by atoms with Crippen LogP contribution in [0.4, 0.5) is 4.39 Å². The fourth-order valence-corrected chi connectivity index (χ4v) is 4.12. The summed E-state index contributed by atoms with van der Waals surface area (Å²) < 4.78 is 35.7. The Hall–Kier alpha value is -0.940. The molecule has 3 nitrogen and oxygen atoms in total. The Labute approximate surface area is 94.4 Å². The predicted molar refractivity (Wildman–Crippen MR) is 60.3 cm³/mol. The van der Waals surface area contributed by atoms with Gasteiger partial charge in [0.1, 0.15) is 5.82 Å². The lowest BCUT2D eigenvalue weighted by atomic mass is 9.91. The van der Waals surface area contributed by atoms with Crippen LogP contribution in [0.15, 0.2) is 24.3 Å². The summed E-state index contributed by atoms with van der Waals surface area (Å²) in [5.74, 6) is -0.183. The van der Waals surface area contributed by atoms with E-state index in [9.17, 15) is 12.8 Å². The Bertz CT molecular complexity index is 500. The van der Waals surface area contributed by atoms with Crippen molar-refractivity contribution in [1.82, 2.24) is 0 Å².